The summed E-state index contributed by atoms with van der Waals surface area (Å²) in [4.78, 5) is 11.4. The summed E-state index contributed by atoms with van der Waals surface area (Å²) >= 11 is 0. The molecule has 142 valence electrons. The highest BCUT2D eigenvalue weighted by Crippen LogP contribution is 2.13. The van der Waals surface area contributed by atoms with E-state index in [1.807, 2.05) is 7.05 Å². The first kappa shape index (κ1) is 19.7. The van der Waals surface area contributed by atoms with Crippen molar-refractivity contribution in [1.29, 1.82) is 0 Å². The van der Waals surface area contributed by atoms with Gasteiger partial charge in [-0.3, -0.25) is 9.58 Å². The number of hydrogen-bond donors (Lipinski definition) is 2. The Morgan fingerprint density at radius 3 is 2.68 bits per heavy atom. The third kappa shape index (κ3) is 6.62. The van der Waals surface area contributed by atoms with Crippen molar-refractivity contribution in [2.24, 2.45) is 18.0 Å². The van der Waals surface area contributed by atoms with Crippen molar-refractivity contribution in [3.05, 3.63) is 12.2 Å². The zero-order valence-corrected chi connectivity index (χ0v) is 16.0. The first-order valence-corrected chi connectivity index (χ1v) is 9.27. The molecule has 1 unspecified atom stereocenters. The number of aryl methyl sites for hydroxylation is 1. The molecular formula is C17H33N7O. The van der Waals surface area contributed by atoms with E-state index >= 15 is 0 Å². The standard InChI is InChI=1S/C17H33N7O/c1-5-18-17(20-12-16-21-13-22-23(16)4)19-11-15(10-14(2)3)24-6-8-25-9-7-24/h13-15H,5-12H2,1-4H3,(H2,18,19,20). The first-order valence-electron chi connectivity index (χ1n) is 9.27. The lowest BCUT2D eigenvalue weighted by atomic mass is 10.0. The number of aromatic nitrogens is 3. The second-order valence-electron chi connectivity index (χ2n) is 6.81. The fraction of sp³-hybridized carbons (Fsp3) is 0.824. The van der Waals surface area contributed by atoms with E-state index in [4.69, 9.17) is 4.74 Å². The molecule has 1 aromatic heterocycles. The van der Waals surface area contributed by atoms with Crippen LogP contribution in [0.1, 0.15) is 33.0 Å². The number of morpholine rings is 1. The van der Waals surface area contributed by atoms with Crippen LogP contribution in [0.4, 0.5) is 0 Å². The van der Waals surface area contributed by atoms with E-state index in [-0.39, 0.29) is 0 Å². The van der Waals surface area contributed by atoms with Gasteiger partial charge in [0, 0.05) is 39.3 Å². The lowest BCUT2D eigenvalue weighted by Gasteiger charge is -2.35. The summed E-state index contributed by atoms with van der Waals surface area (Å²) in [6.07, 6.45) is 2.72. The predicted molar refractivity (Wildman–Crippen MR) is 99.5 cm³/mol. The third-order valence-electron chi connectivity index (χ3n) is 4.34. The summed E-state index contributed by atoms with van der Waals surface area (Å²) in [5.74, 6) is 2.34. The number of nitrogens with one attached hydrogen (secondary N) is 2. The third-order valence-corrected chi connectivity index (χ3v) is 4.34. The molecule has 1 aliphatic rings. The van der Waals surface area contributed by atoms with Gasteiger partial charge in [-0.2, -0.15) is 5.10 Å². The number of aliphatic imine (C=N–C) groups is 1. The van der Waals surface area contributed by atoms with Crippen LogP contribution in [0.3, 0.4) is 0 Å². The van der Waals surface area contributed by atoms with Crippen LogP contribution in [0.25, 0.3) is 0 Å². The van der Waals surface area contributed by atoms with Gasteiger partial charge >= 0.3 is 0 Å². The fourth-order valence-electron chi connectivity index (χ4n) is 3.02. The quantitative estimate of drug-likeness (QED) is 0.528. The van der Waals surface area contributed by atoms with Crippen molar-refractivity contribution < 1.29 is 4.74 Å². The Morgan fingerprint density at radius 1 is 1.32 bits per heavy atom. The summed E-state index contributed by atoms with van der Waals surface area (Å²) in [6.45, 7) is 12.5. The lowest BCUT2D eigenvalue weighted by molar-refractivity contribution is 0.0132. The topological polar surface area (TPSA) is 79.6 Å². The largest absolute Gasteiger partial charge is 0.379 e. The van der Waals surface area contributed by atoms with Crippen LogP contribution in [-0.4, -0.2) is 71.1 Å². The first-order chi connectivity index (χ1) is 12.1. The van der Waals surface area contributed by atoms with E-state index in [1.165, 1.54) is 0 Å². The minimum atomic E-state index is 0.489. The molecule has 1 saturated heterocycles. The lowest BCUT2D eigenvalue weighted by Crippen LogP contribution is -2.51. The highest BCUT2D eigenvalue weighted by molar-refractivity contribution is 5.79. The van der Waals surface area contributed by atoms with Crippen LogP contribution in [0.15, 0.2) is 11.3 Å². The minimum Gasteiger partial charge on any atom is -0.379 e. The minimum absolute atomic E-state index is 0.489. The molecule has 1 aromatic rings. The van der Waals surface area contributed by atoms with Gasteiger partial charge in [0.05, 0.1) is 13.2 Å². The Hall–Kier alpha value is -1.67. The van der Waals surface area contributed by atoms with Crippen molar-refractivity contribution in [2.45, 2.75) is 39.8 Å². The maximum absolute atomic E-state index is 5.50. The molecule has 1 fully saturated rings. The van der Waals surface area contributed by atoms with Crippen molar-refractivity contribution in [1.82, 2.24) is 30.3 Å². The Balaban J connectivity index is 1.94. The maximum Gasteiger partial charge on any atom is 0.191 e. The molecule has 2 heterocycles. The van der Waals surface area contributed by atoms with Gasteiger partial charge in [0.2, 0.25) is 0 Å². The van der Waals surface area contributed by atoms with E-state index in [1.54, 1.807) is 11.0 Å². The molecular weight excluding hydrogens is 318 g/mol. The average Bonchev–Trinajstić information content (AvgIpc) is 3.01. The number of rotatable bonds is 8. The van der Waals surface area contributed by atoms with Gasteiger partial charge in [0.25, 0.3) is 0 Å². The molecule has 0 saturated carbocycles. The Morgan fingerprint density at radius 2 is 2.08 bits per heavy atom. The molecule has 0 amide bonds. The summed E-state index contributed by atoms with van der Waals surface area (Å²) in [5, 5.41) is 10.9. The van der Waals surface area contributed by atoms with Crippen LogP contribution in [0.2, 0.25) is 0 Å². The van der Waals surface area contributed by atoms with E-state index in [0.717, 1.165) is 57.6 Å². The molecule has 1 atom stereocenters. The summed E-state index contributed by atoms with van der Waals surface area (Å²) < 4.78 is 7.25. The van der Waals surface area contributed by atoms with Crippen molar-refractivity contribution >= 4 is 5.96 Å². The van der Waals surface area contributed by atoms with E-state index in [2.05, 4.69) is 51.4 Å². The monoisotopic (exact) mass is 351 g/mol. The maximum atomic E-state index is 5.50. The normalized spacial score (nSPS) is 17.7. The summed E-state index contributed by atoms with van der Waals surface area (Å²) in [5.41, 5.74) is 0. The zero-order chi connectivity index (χ0) is 18.1. The van der Waals surface area contributed by atoms with Gasteiger partial charge in [-0.05, 0) is 19.3 Å². The van der Waals surface area contributed by atoms with Crippen LogP contribution in [0.5, 0.6) is 0 Å². The van der Waals surface area contributed by atoms with Crippen LogP contribution >= 0.6 is 0 Å². The van der Waals surface area contributed by atoms with E-state index in [0.29, 0.717) is 18.5 Å². The number of nitrogens with zero attached hydrogens (tertiary/aromatic N) is 5. The predicted octanol–water partition coefficient (Wildman–Crippen LogP) is 0.617. The number of ether oxygens (including phenoxy) is 1. The van der Waals surface area contributed by atoms with E-state index < -0.39 is 0 Å². The smallest absolute Gasteiger partial charge is 0.191 e. The Kier molecular flexibility index (Phi) is 8.14. The van der Waals surface area contributed by atoms with Crippen molar-refractivity contribution in [2.75, 3.05) is 39.4 Å². The molecule has 0 aliphatic carbocycles. The molecule has 0 aromatic carbocycles. The highest BCUT2D eigenvalue weighted by atomic mass is 16.5. The molecule has 0 radical (unpaired) electrons. The Bertz CT molecular complexity index is 523. The molecule has 25 heavy (non-hydrogen) atoms. The van der Waals surface area contributed by atoms with Gasteiger partial charge in [-0.25, -0.2) is 9.98 Å². The van der Waals surface area contributed by atoms with Crippen molar-refractivity contribution in [3.63, 3.8) is 0 Å². The molecule has 8 heteroatoms. The molecule has 2 rings (SSSR count). The second kappa shape index (κ2) is 10.4. The highest BCUT2D eigenvalue weighted by Gasteiger charge is 2.22. The second-order valence-corrected chi connectivity index (χ2v) is 6.81. The van der Waals surface area contributed by atoms with Gasteiger partial charge in [0.15, 0.2) is 5.96 Å². The number of hydrogen-bond acceptors (Lipinski definition) is 5. The molecule has 1 aliphatic heterocycles. The number of guanidine groups is 1. The zero-order valence-electron chi connectivity index (χ0n) is 16.0. The van der Waals surface area contributed by atoms with Crippen LogP contribution in [0, 0.1) is 5.92 Å². The molecule has 0 bridgehead atoms. The summed E-state index contributed by atoms with van der Waals surface area (Å²) in [6, 6.07) is 0.489. The summed E-state index contributed by atoms with van der Waals surface area (Å²) in [7, 11) is 1.88. The molecule has 8 nitrogen and oxygen atoms in total. The fourth-order valence-corrected chi connectivity index (χ4v) is 3.02. The van der Waals surface area contributed by atoms with Crippen LogP contribution in [-0.2, 0) is 18.3 Å². The molecule has 2 N–H and O–H groups in total. The average molecular weight is 351 g/mol. The van der Waals surface area contributed by atoms with Gasteiger partial charge in [-0.15, -0.1) is 0 Å². The van der Waals surface area contributed by atoms with Gasteiger partial charge < -0.3 is 15.4 Å². The van der Waals surface area contributed by atoms with Crippen molar-refractivity contribution in [3.8, 4) is 0 Å². The SMILES string of the molecule is CCNC(=NCc1ncnn1C)NCC(CC(C)C)N1CCOCC1. The van der Waals surface area contributed by atoms with Gasteiger partial charge in [0.1, 0.15) is 18.7 Å². The van der Waals surface area contributed by atoms with E-state index in [9.17, 15) is 0 Å². The Labute approximate surface area is 151 Å². The van der Waals surface area contributed by atoms with Crippen LogP contribution < -0.4 is 10.6 Å². The molecule has 0 spiro atoms. The van der Waals surface area contributed by atoms with Gasteiger partial charge in [-0.1, -0.05) is 13.8 Å².